The predicted molar refractivity (Wildman–Crippen MR) is 122 cm³/mol. The lowest BCUT2D eigenvalue weighted by Gasteiger charge is -2.22. The summed E-state index contributed by atoms with van der Waals surface area (Å²) in [7, 11) is 3.91. The van der Waals surface area contributed by atoms with Gasteiger partial charge in [0, 0.05) is 40.3 Å². The summed E-state index contributed by atoms with van der Waals surface area (Å²) in [5, 5.41) is 11.8. The Balaban J connectivity index is 0.00000280. The minimum Gasteiger partial charge on any atom is -0.379 e. The molecule has 0 radical (unpaired) electrons. The highest BCUT2D eigenvalue weighted by molar-refractivity contribution is 14.0. The summed E-state index contributed by atoms with van der Waals surface area (Å²) in [6.07, 6.45) is 5.98. The summed E-state index contributed by atoms with van der Waals surface area (Å²) in [6, 6.07) is 0. The van der Waals surface area contributed by atoms with Crippen LogP contribution in [0.3, 0.4) is 0 Å². The fourth-order valence-corrected chi connectivity index (χ4v) is 2.75. The van der Waals surface area contributed by atoms with Gasteiger partial charge in [-0.3, -0.25) is 9.67 Å². The SMILES string of the molecule is CCNC(=NCCNc1ncnc2c1cnn2C)N(C)CCOCC1CC1.I. The van der Waals surface area contributed by atoms with E-state index in [1.807, 2.05) is 14.1 Å². The van der Waals surface area contributed by atoms with Gasteiger partial charge in [-0.1, -0.05) is 0 Å². The van der Waals surface area contributed by atoms with E-state index in [1.54, 1.807) is 17.2 Å². The van der Waals surface area contributed by atoms with Crippen LogP contribution in [-0.2, 0) is 11.8 Å². The van der Waals surface area contributed by atoms with Gasteiger partial charge in [0.05, 0.1) is 24.7 Å². The highest BCUT2D eigenvalue weighted by Gasteiger charge is 2.21. The molecule has 0 aliphatic heterocycles. The molecule has 0 atom stereocenters. The number of hydrogen-bond acceptors (Lipinski definition) is 6. The first kappa shape index (κ1) is 22.6. The van der Waals surface area contributed by atoms with Gasteiger partial charge in [-0.05, 0) is 25.7 Å². The summed E-state index contributed by atoms with van der Waals surface area (Å²) in [5.74, 6) is 2.48. The third-order valence-corrected chi connectivity index (χ3v) is 4.51. The van der Waals surface area contributed by atoms with Crippen LogP contribution in [0.5, 0.6) is 0 Å². The van der Waals surface area contributed by atoms with Gasteiger partial charge < -0.3 is 20.3 Å². The van der Waals surface area contributed by atoms with E-state index in [-0.39, 0.29) is 24.0 Å². The second-order valence-electron chi connectivity index (χ2n) is 6.83. The Hall–Kier alpha value is -1.69. The number of rotatable bonds is 10. The zero-order valence-corrected chi connectivity index (χ0v) is 19.2. The van der Waals surface area contributed by atoms with Gasteiger partial charge >= 0.3 is 0 Å². The van der Waals surface area contributed by atoms with E-state index < -0.39 is 0 Å². The zero-order valence-electron chi connectivity index (χ0n) is 16.9. The summed E-state index contributed by atoms with van der Waals surface area (Å²) in [4.78, 5) is 15.4. The van der Waals surface area contributed by atoms with Crippen LogP contribution in [0.25, 0.3) is 11.0 Å². The first-order chi connectivity index (χ1) is 13.2. The Morgan fingerprint density at radius 3 is 2.96 bits per heavy atom. The quantitative estimate of drug-likeness (QED) is 0.221. The third-order valence-electron chi connectivity index (χ3n) is 4.51. The molecule has 1 fully saturated rings. The maximum absolute atomic E-state index is 5.72. The molecule has 10 heteroatoms. The molecule has 1 aliphatic rings. The first-order valence-corrected chi connectivity index (χ1v) is 9.62. The molecule has 0 spiro atoms. The average Bonchev–Trinajstić information content (AvgIpc) is 3.43. The lowest BCUT2D eigenvalue weighted by atomic mass is 10.4. The molecule has 0 amide bonds. The molecular formula is C18H31IN8O. The number of guanidine groups is 1. The van der Waals surface area contributed by atoms with Crippen molar-refractivity contribution in [1.82, 2.24) is 30.0 Å². The maximum atomic E-state index is 5.72. The maximum Gasteiger partial charge on any atom is 0.193 e. The monoisotopic (exact) mass is 502 g/mol. The van der Waals surface area contributed by atoms with Crippen LogP contribution < -0.4 is 10.6 Å². The van der Waals surface area contributed by atoms with Gasteiger partial charge in [-0.2, -0.15) is 5.10 Å². The summed E-state index contributed by atoms with van der Waals surface area (Å²) in [6.45, 7) is 6.69. The Bertz CT molecular complexity index is 761. The number of halogens is 1. The summed E-state index contributed by atoms with van der Waals surface area (Å²) >= 11 is 0. The number of nitrogens with one attached hydrogen (secondary N) is 2. The Kier molecular flexibility index (Phi) is 9.16. The topological polar surface area (TPSA) is 92.5 Å². The first-order valence-electron chi connectivity index (χ1n) is 9.62. The van der Waals surface area contributed by atoms with E-state index in [0.717, 1.165) is 55.0 Å². The molecule has 2 aromatic heterocycles. The Morgan fingerprint density at radius 2 is 2.21 bits per heavy atom. The molecule has 2 aromatic rings. The fraction of sp³-hybridized carbons (Fsp3) is 0.667. The molecule has 0 aromatic carbocycles. The van der Waals surface area contributed by atoms with E-state index in [2.05, 4.69) is 42.5 Å². The lowest BCUT2D eigenvalue weighted by molar-refractivity contribution is 0.115. The van der Waals surface area contributed by atoms with E-state index in [4.69, 9.17) is 4.74 Å². The van der Waals surface area contributed by atoms with Crippen molar-refractivity contribution in [2.75, 3.05) is 51.8 Å². The van der Waals surface area contributed by atoms with Gasteiger partial charge in [0.1, 0.15) is 12.1 Å². The average molecular weight is 502 g/mol. The standard InChI is InChI=1S/C18H30N8O.HI/c1-4-19-18(25(2)9-10-27-12-14-5-6-14)21-8-7-20-16-15-11-24-26(3)17(15)23-13-22-16;/h11,13-14H,4-10,12H2,1-3H3,(H,19,21)(H,20,22,23);1H. The third kappa shape index (κ3) is 6.43. The molecule has 3 rings (SSSR count). The number of aryl methyl sites for hydroxylation is 1. The van der Waals surface area contributed by atoms with Gasteiger partial charge in [0.15, 0.2) is 11.6 Å². The normalized spacial score (nSPS) is 14.0. The minimum absolute atomic E-state index is 0. The van der Waals surface area contributed by atoms with Crippen molar-refractivity contribution in [2.45, 2.75) is 19.8 Å². The number of fused-ring (bicyclic) bond motifs is 1. The Labute approximate surface area is 183 Å². The molecular weight excluding hydrogens is 471 g/mol. The molecule has 0 bridgehead atoms. The Morgan fingerprint density at radius 1 is 1.39 bits per heavy atom. The predicted octanol–water partition coefficient (Wildman–Crippen LogP) is 1.72. The second-order valence-corrected chi connectivity index (χ2v) is 6.83. The molecule has 2 heterocycles. The summed E-state index contributed by atoms with van der Waals surface area (Å²) < 4.78 is 7.46. The van der Waals surface area contributed by atoms with Crippen LogP contribution in [0, 0.1) is 5.92 Å². The molecule has 1 aliphatic carbocycles. The number of aromatic nitrogens is 4. The highest BCUT2D eigenvalue weighted by Crippen LogP contribution is 2.28. The molecule has 9 nitrogen and oxygen atoms in total. The van der Waals surface area contributed by atoms with Gasteiger partial charge in [-0.25, -0.2) is 9.97 Å². The van der Waals surface area contributed by atoms with Crippen molar-refractivity contribution < 1.29 is 4.74 Å². The minimum atomic E-state index is 0. The molecule has 28 heavy (non-hydrogen) atoms. The highest BCUT2D eigenvalue weighted by atomic mass is 127. The largest absolute Gasteiger partial charge is 0.379 e. The summed E-state index contributed by atoms with van der Waals surface area (Å²) in [5.41, 5.74) is 0.815. The number of aliphatic imine (C=N–C) groups is 1. The van der Waals surface area contributed by atoms with Crippen molar-refractivity contribution >= 4 is 46.8 Å². The number of likely N-dealkylation sites (N-methyl/N-ethyl adjacent to an activating group) is 1. The van der Waals surface area contributed by atoms with Crippen LogP contribution in [-0.4, -0.2) is 77.0 Å². The number of nitrogens with zero attached hydrogens (tertiary/aromatic N) is 6. The zero-order chi connectivity index (χ0) is 19.1. The number of ether oxygens (including phenoxy) is 1. The van der Waals surface area contributed by atoms with E-state index in [9.17, 15) is 0 Å². The van der Waals surface area contributed by atoms with Crippen molar-refractivity contribution in [3.8, 4) is 0 Å². The number of anilines is 1. The second kappa shape index (κ2) is 11.3. The lowest BCUT2D eigenvalue weighted by Crippen LogP contribution is -2.41. The number of hydrogen-bond donors (Lipinski definition) is 2. The van der Waals surface area contributed by atoms with Crippen molar-refractivity contribution in [1.29, 1.82) is 0 Å². The van der Waals surface area contributed by atoms with Crippen LogP contribution in [0.2, 0.25) is 0 Å². The van der Waals surface area contributed by atoms with Gasteiger partial charge in [-0.15, -0.1) is 24.0 Å². The van der Waals surface area contributed by atoms with Crippen molar-refractivity contribution in [3.05, 3.63) is 12.5 Å². The molecule has 1 saturated carbocycles. The van der Waals surface area contributed by atoms with Crippen LogP contribution in [0.1, 0.15) is 19.8 Å². The van der Waals surface area contributed by atoms with Gasteiger partial charge in [0.2, 0.25) is 0 Å². The van der Waals surface area contributed by atoms with Crippen molar-refractivity contribution in [2.24, 2.45) is 18.0 Å². The van der Waals surface area contributed by atoms with Crippen LogP contribution in [0.15, 0.2) is 17.5 Å². The van der Waals surface area contributed by atoms with E-state index >= 15 is 0 Å². The van der Waals surface area contributed by atoms with Gasteiger partial charge in [0.25, 0.3) is 0 Å². The molecule has 0 unspecified atom stereocenters. The van der Waals surface area contributed by atoms with E-state index in [0.29, 0.717) is 13.1 Å². The van der Waals surface area contributed by atoms with Crippen LogP contribution >= 0.6 is 24.0 Å². The van der Waals surface area contributed by atoms with E-state index in [1.165, 1.54) is 12.8 Å². The molecule has 2 N–H and O–H groups in total. The molecule has 0 saturated heterocycles. The fourth-order valence-electron chi connectivity index (χ4n) is 2.75. The molecule has 156 valence electrons. The van der Waals surface area contributed by atoms with Crippen LogP contribution in [0.4, 0.5) is 5.82 Å². The smallest absolute Gasteiger partial charge is 0.193 e. The van der Waals surface area contributed by atoms with Crippen molar-refractivity contribution in [3.63, 3.8) is 0 Å².